The van der Waals surface area contributed by atoms with E-state index in [1.807, 2.05) is 0 Å². The van der Waals surface area contributed by atoms with Gasteiger partial charge in [0.15, 0.2) is 6.23 Å². The number of nitrogens with zero attached hydrogens (tertiary/aromatic N) is 1. The fourth-order valence-electron chi connectivity index (χ4n) is 1.26. The number of hydrogen-bond acceptors (Lipinski definition) is 3. The second kappa shape index (κ2) is 3.13. The Balaban J connectivity index is 2.53. The normalized spacial score (nSPS) is 18.9. The van der Waals surface area contributed by atoms with Crippen LogP contribution in [0.2, 0.25) is 0 Å². The summed E-state index contributed by atoms with van der Waals surface area (Å²) in [6.45, 7) is 0. The lowest BCUT2D eigenvalue weighted by Crippen LogP contribution is -2.24. The molecule has 0 saturated carbocycles. The zero-order chi connectivity index (χ0) is 10.1. The lowest BCUT2D eigenvalue weighted by Gasteiger charge is -2.20. The summed E-state index contributed by atoms with van der Waals surface area (Å²) in [4.78, 5) is 3.78. The fourth-order valence-corrected chi connectivity index (χ4v) is 1.26. The van der Waals surface area contributed by atoms with Crippen LogP contribution in [-0.4, -0.2) is 16.3 Å². The van der Waals surface area contributed by atoms with Crippen LogP contribution in [0.15, 0.2) is 17.8 Å². The number of aliphatic hydroxyl groups is 1. The first-order valence-electron chi connectivity index (χ1n) is 3.99. The van der Waals surface area contributed by atoms with Crippen LogP contribution in [0, 0.1) is 18.2 Å². The standard InChI is InChI=1S/C10H7FN2O/c1-2-6-3-7-4-8(11)5-12-9(7)13-10(6)14/h1,3-5,10,14H,(H,12,13). The molecule has 4 heteroatoms. The molecule has 2 rings (SSSR count). The van der Waals surface area contributed by atoms with Gasteiger partial charge in [0.1, 0.15) is 11.6 Å². The number of aromatic nitrogens is 1. The van der Waals surface area contributed by atoms with Crippen LogP contribution >= 0.6 is 0 Å². The minimum absolute atomic E-state index is 0.366. The van der Waals surface area contributed by atoms with E-state index in [-0.39, 0.29) is 0 Å². The summed E-state index contributed by atoms with van der Waals surface area (Å²) in [7, 11) is 0. The van der Waals surface area contributed by atoms with Crippen LogP contribution in [0.1, 0.15) is 5.56 Å². The molecule has 0 aromatic carbocycles. The Bertz CT molecular complexity index is 448. The molecule has 2 N–H and O–H groups in total. The van der Waals surface area contributed by atoms with Gasteiger partial charge in [-0.05, 0) is 12.1 Å². The second-order valence-corrected chi connectivity index (χ2v) is 2.88. The maximum atomic E-state index is 12.8. The fraction of sp³-hybridized carbons (Fsp3) is 0.100. The number of rotatable bonds is 0. The largest absolute Gasteiger partial charge is 0.369 e. The molecule has 0 bridgehead atoms. The molecule has 1 aliphatic rings. The summed E-state index contributed by atoms with van der Waals surface area (Å²) in [5.74, 6) is 2.31. The van der Waals surface area contributed by atoms with E-state index in [1.54, 1.807) is 0 Å². The van der Waals surface area contributed by atoms with Crippen molar-refractivity contribution in [3.63, 3.8) is 0 Å². The Morgan fingerprint density at radius 2 is 2.43 bits per heavy atom. The number of fused-ring (bicyclic) bond motifs is 1. The number of pyridine rings is 1. The SMILES string of the molecule is C#CC1=Cc2cc(F)cnc2NC1O. The third kappa shape index (κ3) is 1.34. The Morgan fingerprint density at radius 1 is 1.64 bits per heavy atom. The van der Waals surface area contributed by atoms with Gasteiger partial charge in [0.2, 0.25) is 0 Å². The number of anilines is 1. The van der Waals surface area contributed by atoms with Crippen LogP contribution in [0.4, 0.5) is 10.2 Å². The minimum atomic E-state index is -0.939. The monoisotopic (exact) mass is 190 g/mol. The number of terminal acetylenes is 1. The van der Waals surface area contributed by atoms with Crippen molar-refractivity contribution < 1.29 is 9.50 Å². The summed E-state index contributed by atoms with van der Waals surface area (Å²) >= 11 is 0. The molecule has 2 heterocycles. The molecular formula is C10H7FN2O. The summed E-state index contributed by atoms with van der Waals surface area (Å²) in [6.07, 6.45) is 6.83. The molecule has 1 aromatic heterocycles. The average molecular weight is 190 g/mol. The molecule has 0 spiro atoms. The lowest BCUT2D eigenvalue weighted by atomic mass is 10.1. The van der Waals surface area contributed by atoms with Crippen molar-refractivity contribution in [2.24, 2.45) is 0 Å². The van der Waals surface area contributed by atoms with Gasteiger partial charge < -0.3 is 10.4 Å². The van der Waals surface area contributed by atoms with Gasteiger partial charge in [-0.25, -0.2) is 9.37 Å². The second-order valence-electron chi connectivity index (χ2n) is 2.88. The highest BCUT2D eigenvalue weighted by Crippen LogP contribution is 2.24. The molecule has 14 heavy (non-hydrogen) atoms. The third-order valence-corrected chi connectivity index (χ3v) is 1.93. The first kappa shape index (κ1) is 8.73. The summed E-state index contributed by atoms with van der Waals surface area (Å²) < 4.78 is 12.8. The molecule has 0 amide bonds. The zero-order valence-corrected chi connectivity index (χ0v) is 7.16. The Labute approximate surface area is 80.3 Å². The van der Waals surface area contributed by atoms with E-state index >= 15 is 0 Å². The molecule has 1 atom stereocenters. The van der Waals surface area contributed by atoms with Crippen molar-refractivity contribution in [1.29, 1.82) is 0 Å². The lowest BCUT2D eigenvalue weighted by molar-refractivity contribution is 0.244. The molecule has 3 nitrogen and oxygen atoms in total. The van der Waals surface area contributed by atoms with Crippen LogP contribution in [0.3, 0.4) is 0 Å². The summed E-state index contributed by atoms with van der Waals surface area (Å²) in [5, 5.41) is 12.1. The smallest absolute Gasteiger partial charge is 0.159 e. The van der Waals surface area contributed by atoms with Gasteiger partial charge in [-0.3, -0.25) is 0 Å². The molecule has 0 fully saturated rings. The highest BCUT2D eigenvalue weighted by molar-refractivity contribution is 5.72. The van der Waals surface area contributed by atoms with E-state index in [4.69, 9.17) is 6.42 Å². The van der Waals surface area contributed by atoms with E-state index in [9.17, 15) is 9.50 Å². The zero-order valence-electron chi connectivity index (χ0n) is 7.16. The van der Waals surface area contributed by atoms with E-state index in [2.05, 4.69) is 16.2 Å². The number of halogens is 1. The summed E-state index contributed by atoms with van der Waals surface area (Å²) in [6, 6.07) is 1.30. The van der Waals surface area contributed by atoms with Crippen molar-refractivity contribution in [3.8, 4) is 12.3 Å². The maximum Gasteiger partial charge on any atom is 0.159 e. The van der Waals surface area contributed by atoms with Crippen LogP contribution in [-0.2, 0) is 0 Å². The number of hydrogen-bond donors (Lipinski definition) is 2. The predicted octanol–water partition coefficient (Wildman–Crippen LogP) is 0.981. The minimum Gasteiger partial charge on any atom is -0.369 e. The van der Waals surface area contributed by atoms with Crippen LogP contribution in [0.5, 0.6) is 0 Å². The molecule has 70 valence electrons. The van der Waals surface area contributed by atoms with E-state index < -0.39 is 12.0 Å². The molecular weight excluding hydrogens is 183 g/mol. The van der Waals surface area contributed by atoms with E-state index in [0.717, 1.165) is 6.20 Å². The van der Waals surface area contributed by atoms with Crippen molar-refractivity contribution >= 4 is 11.9 Å². The van der Waals surface area contributed by atoms with E-state index in [0.29, 0.717) is 17.0 Å². The Morgan fingerprint density at radius 3 is 3.14 bits per heavy atom. The molecule has 1 unspecified atom stereocenters. The molecule has 1 aliphatic heterocycles. The van der Waals surface area contributed by atoms with E-state index in [1.165, 1.54) is 12.1 Å². The van der Waals surface area contributed by atoms with Gasteiger partial charge in [0.05, 0.1) is 11.8 Å². The molecule has 0 radical (unpaired) electrons. The van der Waals surface area contributed by atoms with Gasteiger partial charge in [-0.2, -0.15) is 0 Å². The quantitative estimate of drug-likeness (QED) is 0.599. The Kier molecular flexibility index (Phi) is 1.95. The predicted molar refractivity (Wildman–Crippen MR) is 50.6 cm³/mol. The van der Waals surface area contributed by atoms with Crippen molar-refractivity contribution in [2.75, 3.05) is 5.32 Å². The first-order valence-corrected chi connectivity index (χ1v) is 3.99. The molecule has 0 saturated heterocycles. The highest BCUT2D eigenvalue weighted by Gasteiger charge is 2.17. The number of nitrogens with one attached hydrogen (secondary N) is 1. The summed E-state index contributed by atoms with van der Waals surface area (Å²) in [5.41, 5.74) is 0.910. The van der Waals surface area contributed by atoms with Crippen LogP contribution < -0.4 is 5.32 Å². The van der Waals surface area contributed by atoms with Gasteiger partial charge in [-0.15, -0.1) is 6.42 Å². The topological polar surface area (TPSA) is 45.2 Å². The number of aliphatic hydroxyl groups excluding tert-OH is 1. The molecule has 1 aromatic rings. The van der Waals surface area contributed by atoms with Gasteiger partial charge in [0, 0.05) is 5.56 Å². The van der Waals surface area contributed by atoms with Crippen LogP contribution in [0.25, 0.3) is 6.08 Å². The van der Waals surface area contributed by atoms with Gasteiger partial charge in [-0.1, -0.05) is 5.92 Å². The highest BCUT2D eigenvalue weighted by atomic mass is 19.1. The Hall–Kier alpha value is -1.86. The maximum absolute atomic E-state index is 12.8. The third-order valence-electron chi connectivity index (χ3n) is 1.93. The van der Waals surface area contributed by atoms with Crippen molar-refractivity contribution in [2.45, 2.75) is 6.23 Å². The van der Waals surface area contributed by atoms with Crippen molar-refractivity contribution in [3.05, 3.63) is 29.2 Å². The first-order chi connectivity index (χ1) is 6.70. The van der Waals surface area contributed by atoms with Gasteiger partial charge >= 0.3 is 0 Å². The molecule has 0 aliphatic carbocycles. The van der Waals surface area contributed by atoms with Crippen molar-refractivity contribution in [1.82, 2.24) is 4.98 Å². The average Bonchev–Trinajstić information content (AvgIpc) is 2.17. The van der Waals surface area contributed by atoms with Gasteiger partial charge in [0.25, 0.3) is 0 Å².